The number of allylic oxidation sites excluding steroid dienone is 3. The lowest BCUT2D eigenvalue weighted by atomic mass is 9.77. The van der Waals surface area contributed by atoms with Gasteiger partial charge in [0, 0.05) is 46.9 Å². The van der Waals surface area contributed by atoms with E-state index in [-0.39, 0.29) is 11.3 Å². The zero-order valence-electron chi connectivity index (χ0n) is 15.2. The molecule has 7 heteroatoms. The maximum atomic E-state index is 12.1. The fourth-order valence-corrected chi connectivity index (χ4v) is 3.55. The fraction of sp³-hybridized carbons (Fsp3) is 0.200. The lowest BCUT2D eigenvalue weighted by Gasteiger charge is -2.31. The minimum Gasteiger partial charge on any atom is -0.478 e. The highest BCUT2D eigenvalue weighted by Gasteiger charge is 2.35. The van der Waals surface area contributed by atoms with Crippen molar-refractivity contribution in [2.75, 3.05) is 0 Å². The predicted octanol–water partition coefficient (Wildman–Crippen LogP) is 3.77. The van der Waals surface area contributed by atoms with Crippen molar-refractivity contribution >= 4 is 17.2 Å². The molecule has 0 fully saturated rings. The van der Waals surface area contributed by atoms with E-state index in [0.717, 1.165) is 22.5 Å². The molecule has 1 aliphatic rings. The topological polar surface area (TPSA) is 105 Å². The standard InChI is InChI=1S/C20H19N3O4/c1-11-16(8-5-9-21-11)17-12(2)22-13(3)18(20(24)25)19(17)14-6-4-7-15(10-14)23(26)27/h4-10,19,22H,1-3H3,(H,24,25). The first-order valence-corrected chi connectivity index (χ1v) is 8.39. The third-order valence-corrected chi connectivity index (χ3v) is 4.70. The molecule has 2 heterocycles. The van der Waals surface area contributed by atoms with E-state index in [4.69, 9.17) is 0 Å². The van der Waals surface area contributed by atoms with Gasteiger partial charge in [0.15, 0.2) is 0 Å². The Labute approximate surface area is 156 Å². The number of aryl methyl sites for hydroxylation is 1. The Bertz CT molecular complexity index is 1010. The molecule has 1 aromatic carbocycles. The molecule has 0 spiro atoms. The summed E-state index contributed by atoms with van der Waals surface area (Å²) in [6.45, 7) is 5.42. The van der Waals surface area contributed by atoms with Crippen LogP contribution in [0.3, 0.4) is 0 Å². The number of nitrogens with zero attached hydrogens (tertiary/aromatic N) is 2. The summed E-state index contributed by atoms with van der Waals surface area (Å²) in [6, 6.07) is 9.80. The molecule has 1 aromatic heterocycles. The molecule has 1 unspecified atom stereocenters. The Balaban J connectivity index is 2.29. The van der Waals surface area contributed by atoms with Crippen molar-refractivity contribution in [3.63, 3.8) is 0 Å². The van der Waals surface area contributed by atoms with Crippen LogP contribution in [0.2, 0.25) is 0 Å². The molecular weight excluding hydrogens is 346 g/mol. The number of hydrogen-bond donors (Lipinski definition) is 2. The van der Waals surface area contributed by atoms with Gasteiger partial charge in [0.05, 0.1) is 10.5 Å². The number of rotatable bonds is 4. The molecule has 2 N–H and O–H groups in total. The summed E-state index contributed by atoms with van der Waals surface area (Å²) >= 11 is 0. The number of dihydropyridines is 1. The van der Waals surface area contributed by atoms with E-state index in [2.05, 4.69) is 10.3 Å². The molecule has 3 rings (SSSR count). The highest BCUT2D eigenvalue weighted by molar-refractivity contribution is 5.96. The van der Waals surface area contributed by atoms with Gasteiger partial charge in [0.2, 0.25) is 0 Å². The van der Waals surface area contributed by atoms with E-state index in [1.165, 1.54) is 12.1 Å². The minimum absolute atomic E-state index is 0.0756. The number of carboxylic acids is 1. The molecule has 0 bridgehead atoms. The lowest BCUT2D eigenvalue weighted by Crippen LogP contribution is -2.27. The van der Waals surface area contributed by atoms with Gasteiger partial charge in [-0.25, -0.2) is 4.79 Å². The molecular formula is C20H19N3O4. The molecule has 1 aliphatic heterocycles. The molecule has 1 atom stereocenters. The zero-order valence-corrected chi connectivity index (χ0v) is 15.2. The molecule has 0 saturated heterocycles. The highest BCUT2D eigenvalue weighted by Crippen LogP contribution is 2.44. The van der Waals surface area contributed by atoms with Crippen LogP contribution in [0.15, 0.2) is 59.6 Å². The summed E-state index contributed by atoms with van der Waals surface area (Å²) in [4.78, 5) is 27.1. The van der Waals surface area contributed by atoms with Gasteiger partial charge in [0.25, 0.3) is 5.69 Å². The Morgan fingerprint density at radius 2 is 1.93 bits per heavy atom. The van der Waals surface area contributed by atoms with Gasteiger partial charge in [-0.1, -0.05) is 18.2 Å². The predicted molar refractivity (Wildman–Crippen MR) is 101 cm³/mol. The van der Waals surface area contributed by atoms with Crippen molar-refractivity contribution in [2.45, 2.75) is 26.7 Å². The second-order valence-electron chi connectivity index (χ2n) is 6.43. The van der Waals surface area contributed by atoms with Gasteiger partial charge in [0.1, 0.15) is 0 Å². The molecule has 0 aliphatic carbocycles. The van der Waals surface area contributed by atoms with Crippen LogP contribution >= 0.6 is 0 Å². The van der Waals surface area contributed by atoms with E-state index < -0.39 is 16.8 Å². The number of carbonyl (C=O) groups is 1. The third-order valence-electron chi connectivity index (χ3n) is 4.70. The van der Waals surface area contributed by atoms with E-state index >= 15 is 0 Å². The van der Waals surface area contributed by atoms with Gasteiger partial charge in [-0.05, 0) is 38.0 Å². The van der Waals surface area contributed by atoms with E-state index in [0.29, 0.717) is 11.3 Å². The minimum atomic E-state index is -1.07. The number of aromatic nitrogens is 1. The Morgan fingerprint density at radius 3 is 2.56 bits per heavy atom. The van der Waals surface area contributed by atoms with Crippen LogP contribution in [0.25, 0.3) is 5.57 Å². The Morgan fingerprint density at radius 1 is 1.19 bits per heavy atom. The summed E-state index contributed by atoms with van der Waals surface area (Å²) in [5.41, 5.74) is 4.28. The van der Waals surface area contributed by atoms with Crippen LogP contribution < -0.4 is 5.32 Å². The third kappa shape index (κ3) is 3.31. The lowest BCUT2D eigenvalue weighted by molar-refractivity contribution is -0.384. The molecule has 138 valence electrons. The van der Waals surface area contributed by atoms with E-state index in [9.17, 15) is 20.0 Å². The molecule has 0 saturated carbocycles. The second-order valence-corrected chi connectivity index (χ2v) is 6.43. The van der Waals surface area contributed by atoms with Gasteiger partial charge < -0.3 is 10.4 Å². The second kappa shape index (κ2) is 7.03. The van der Waals surface area contributed by atoms with Gasteiger partial charge in [-0.3, -0.25) is 15.1 Å². The quantitative estimate of drug-likeness (QED) is 0.631. The number of non-ortho nitro benzene ring substituents is 1. The number of nitro benzene ring substituents is 1. The van der Waals surface area contributed by atoms with Gasteiger partial charge >= 0.3 is 5.97 Å². The summed E-state index contributed by atoms with van der Waals surface area (Å²) < 4.78 is 0. The molecule has 0 amide bonds. The highest BCUT2D eigenvalue weighted by atomic mass is 16.6. The average molecular weight is 365 g/mol. The van der Waals surface area contributed by atoms with Crippen molar-refractivity contribution in [1.82, 2.24) is 10.3 Å². The number of pyridine rings is 1. The number of benzene rings is 1. The van der Waals surface area contributed by atoms with Crippen LogP contribution in [-0.2, 0) is 4.79 Å². The number of nitrogens with one attached hydrogen (secondary N) is 1. The summed E-state index contributed by atoms with van der Waals surface area (Å²) in [5, 5.41) is 24.2. The largest absolute Gasteiger partial charge is 0.478 e. The van der Waals surface area contributed by atoms with Crippen LogP contribution in [0, 0.1) is 17.0 Å². The molecule has 0 radical (unpaired) electrons. The monoisotopic (exact) mass is 365 g/mol. The first-order valence-electron chi connectivity index (χ1n) is 8.39. The maximum absolute atomic E-state index is 12.1. The van der Waals surface area contributed by atoms with Gasteiger partial charge in [-0.15, -0.1) is 0 Å². The van der Waals surface area contributed by atoms with E-state index in [1.54, 1.807) is 31.3 Å². The summed E-state index contributed by atoms with van der Waals surface area (Å²) in [6.07, 6.45) is 1.67. The van der Waals surface area contributed by atoms with Crippen molar-refractivity contribution in [1.29, 1.82) is 0 Å². The van der Waals surface area contributed by atoms with Crippen molar-refractivity contribution in [3.8, 4) is 0 Å². The Hall–Kier alpha value is -3.48. The number of aliphatic carboxylic acids is 1. The average Bonchev–Trinajstić information content (AvgIpc) is 2.61. The molecule has 2 aromatic rings. The van der Waals surface area contributed by atoms with Crippen molar-refractivity contribution in [2.24, 2.45) is 0 Å². The van der Waals surface area contributed by atoms with E-state index in [1.807, 2.05) is 19.9 Å². The van der Waals surface area contributed by atoms with Crippen LogP contribution in [-0.4, -0.2) is 21.0 Å². The first-order chi connectivity index (χ1) is 12.8. The zero-order chi connectivity index (χ0) is 19.7. The van der Waals surface area contributed by atoms with Crippen LogP contribution in [0.5, 0.6) is 0 Å². The SMILES string of the molecule is CC1=C(C(=O)O)C(c2cccc([N+](=O)[O-])c2)C(c2cccnc2C)=C(C)N1. The van der Waals surface area contributed by atoms with Crippen LogP contribution in [0.4, 0.5) is 5.69 Å². The first kappa shape index (κ1) is 18.3. The van der Waals surface area contributed by atoms with Crippen LogP contribution in [0.1, 0.15) is 36.6 Å². The van der Waals surface area contributed by atoms with Gasteiger partial charge in [-0.2, -0.15) is 0 Å². The number of carboxylic acid groups (broad SMARTS) is 1. The normalized spacial score (nSPS) is 16.9. The molecule has 27 heavy (non-hydrogen) atoms. The number of nitro groups is 1. The maximum Gasteiger partial charge on any atom is 0.334 e. The van der Waals surface area contributed by atoms with Crippen molar-refractivity contribution < 1.29 is 14.8 Å². The fourth-order valence-electron chi connectivity index (χ4n) is 3.55. The summed E-state index contributed by atoms with van der Waals surface area (Å²) in [5.74, 6) is -1.71. The molecule has 7 nitrogen and oxygen atoms in total. The number of hydrogen-bond acceptors (Lipinski definition) is 5. The Kier molecular flexibility index (Phi) is 4.77. The summed E-state index contributed by atoms with van der Waals surface area (Å²) in [7, 11) is 0. The smallest absolute Gasteiger partial charge is 0.334 e. The van der Waals surface area contributed by atoms with Crippen molar-refractivity contribution in [3.05, 3.63) is 86.5 Å².